The molecule has 21 heavy (non-hydrogen) atoms. The summed E-state index contributed by atoms with van der Waals surface area (Å²) in [6.45, 7) is 1.73. The molecule has 2 rings (SSSR count). The average molecular weight is 325 g/mol. The third kappa shape index (κ3) is 4.48. The van der Waals surface area contributed by atoms with Crippen LogP contribution in [0.15, 0.2) is 24.3 Å². The van der Waals surface area contributed by atoms with Crippen LogP contribution in [0.5, 0.6) is 5.75 Å². The maximum absolute atomic E-state index is 12.3. The summed E-state index contributed by atoms with van der Waals surface area (Å²) in [4.78, 5) is 0. The Morgan fingerprint density at radius 2 is 1.81 bits per heavy atom. The van der Waals surface area contributed by atoms with Crippen LogP contribution in [-0.4, -0.2) is 45.3 Å². The molecule has 118 valence electrons. The second-order valence-corrected chi connectivity index (χ2v) is 5.94. The standard InChI is InChI=1S/C11H13F3N3O3S/c12-11(13,14)20-10-4-2-1-3-9(10)16-21(18,19)17-7-5-15-6-8-17/h1-4,15H,5-8H2/q-1/p+1. The van der Waals surface area contributed by atoms with Crippen molar-refractivity contribution >= 4 is 15.9 Å². The molecule has 6 nitrogen and oxygen atoms in total. The van der Waals surface area contributed by atoms with E-state index in [1.807, 2.05) is 5.32 Å². The van der Waals surface area contributed by atoms with Crippen molar-refractivity contribution in [1.82, 2.24) is 4.31 Å². The molecule has 1 aromatic carbocycles. The van der Waals surface area contributed by atoms with E-state index >= 15 is 0 Å². The molecule has 0 radical (unpaired) electrons. The van der Waals surface area contributed by atoms with Gasteiger partial charge in [-0.05, 0) is 6.07 Å². The Morgan fingerprint density at radius 1 is 1.19 bits per heavy atom. The monoisotopic (exact) mass is 325 g/mol. The number of benzene rings is 1. The lowest BCUT2D eigenvalue weighted by atomic mass is 10.3. The van der Waals surface area contributed by atoms with Crippen LogP contribution in [0.1, 0.15) is 0 Å². The molecular formula is C11H14F3N3O3S. The van der Waals surface area contributed by atoms with Gasteiger partial charge in [0, 0.05) is 0 Å². The largest absolute Gasteiger partial charge is 0.573 e. The number of piperazine rings is 1. The molecular weight excluding hydrogens is 311 g/mol. The molecule has 10 heteroatoms. The van der Waals surface area contributed by atoms with E-state index in [4.69, 9.17) is 0 Å². The molecule has 0 bridgehead atoms. The van der Waals surface area contributed by atoms with Gasteiger partial charge in [0.2, 0.25) is 0 Å². The summed E-state index contributed by atoms with van der Waals surface area (Å²) < 4.78 is 69.4. The molecule has 0 aromatic heterocycles. The van der Waals surface area contributed by atoms with E-state index < -0.39 is 22.3 Å². The number of quaternary nitrogens is 1. The van der Waals surface area contributed by atoms with Crippen LogP contribution in [0, 0.1) is 0 Å². The number of para-hydroxylation sites is 1. The van der Waals surface area contributed by atoms with Crippen LogP contribution >= 0.6 is 0 Å². The van der Waals surface area contributed by atoms with Gasteiger partial charge < -0.3 is 14.8 Å². The molecule has 1 fully saturated rings. The van der Waals surface area contributed by atoms with Crippen molar-refractivity contribution in [3.63, 3.8) is 0 Å². The summed E-state index contributed by atoms with van der Waals surface area (Å²) in [6, 6.07) is 4.88. The van der Waals surface area contributed by atoms with Crippen molar-refractivity contribution in [2.24, 2.45) is 0 Å². The lowest BCUT2D eigenvalue weighted by Gasteiger charge is -2.33. The topological polar surface area (TPSA) is 77.3 Å². The maximum atomic E-state index is 12.3. The van der Waals surface area contributed by atoms with Crippen molar-refractivity contribution in [2.45, 2.75) is 6.36 Å². The molecule has 1 saturated heterocycles. The van der Waals surface area contributed by atoms with Gasteiger partial charge >= 0.3 is 6.36 Å². The lowest BCUT2D eigenvalue weighted by molar-refractivity contribution is -0.661. The first-order valence-corrected chi connectivity index (χ1v) is 7.57. The Morgan fingerprint density at radius 3 is 2.43 bits per heavy atom. The zero-order chi connectivity index (χ0) is 15.5. The molecule has 0 atom stereocenters. The highest BCUT2D eigenvalue weighted by Crippen LogP contribution is 2.37. The molecule has 1 aliphatic rings. The normalized spacial score (nSPS) is 17.5. The van der Waals surface area contributed by atoms with Crippen LogP contribution < -0.4 is 10.1 Å². The minimum absolute atomic E-state index is 0.272. The number of alkyl halides is 3. The Balaban J connectivity index is 2.18. The van der Waals surface area contributed by atoms with Crippen molar-refractivity contribution in [3.05, 3.63) is 29.0 Å². The maximum Gasteiger partial charge on any atom is 0.573 e. The first-order chi connectivity index (χ1) is 9.78. The summed E-state index contributed by atoms with van der Waals surface area (Å²) in [5, 5.41) is 1.95. The summed E-state index contributed by atoms with van der Waals surface area (Å²) in [7, 11) is -4.02. The fourth-order valence-corrected chi connectivity index (χ4v) is 3.07. The van der Waals surface area contributed by atoms with Crippen LogP contribution in [-0.2, 0) is 10.2 Å². The van der Waals surface area contributed by atoms with Gasteiger partial charge in [-0.25, -0.2) is 12.7 Å². The summed E-state index contributed by atoms with van der Waals surface area (Å²) in [5.74, 6) is -0.642. The van der Waals surface area contributed by atoms with Gasteiger partial charge in [0.05, 0.1) is 26.2 Å². The fourth-order valence-electron chi connectivity index (χ4n) is 1.88. The van der Waals surface area contributed by atoms with Gasteiger partial charge in [0.25, 0.3) is 0 Å². The summed E-state index contributed by atoms with van der Waals surface area (Å²) in [5.41, 5.74) is -0.371. The van der Waals surface area contributed by atoms with Crippen LogP contribution in [0.2, 0.25) is 0 Å². The third-order valence-corrected chi connectivity index (χ3v) is 4.24. The molecule has 0 aliphatic carbocycles. The molecule has 0 amide bonds. The number of rotatable bonds is 4. The minimum Gasteiger partial charge on any atom is -0.561 e. The van der Waals surface area contributed by atoms with E-state index in [1.54, 1.807) is 0 Å². The average Bonchev–Trinajstić information content (AvgIpc) is 2.40. The van der Waals surface area contributed by atoms with Gasteiger partial charge in [-0.1, -0.05) is 23.9 Å². The highest BCUT2D eigenvalue weighted by atomic mass is 32.2. The second-order valence-electron chi connectivity index (χ2n) is 4.35. The minimum atomic E-state index is -4.91. The second kappa shape index (κ2) is 6.08. The number of halogens is 3. The summed E-state index contributed by atoms with van der Waals surface area (Å²) in [6.07, 6.45) is -4.91. The Bertz CT molecular complexity index is 586. The smallest absolute Gasteiger partial charge is 0.561 e. The number of hydrogen-bond donors (Lipinski definition) is 1. The van der Waals surface area contributed by atoms with E-state index in [0.29, 0.717) is 13.1 Å². The number of nitrogens with two attached hydrogens (primary N) is 1. The van der Waals surface area contributed by atoms with Crippen molar-refractivity contribution in [2.75, 3.05) is 26.2 Å². The van der Waals surface area contributed by atoms with Crippen molar-refractivity contribution in [1.29, 1.82) is 0 Å². The number of ether oxygens (including phenoxy) is 1. The van der Waals surface area contributed by atoms with Gasteiger partial charge in [-0.2, -0.15) is 0 Å². The molecule has 2 N–H and O–H groups in total. The van der Waals surface area contributed by atoms with Crippen LogP contribution in [0.25, 0.3) is 4.72 Å². The predicted molar refractivity (Wildman–Crippen MR) is 68.3 cm³/mol. The zero-order valence-corrected chi connectivity index (χ0v) is 11.7. The molecule has 0 unspecified atom stereocenters. The number of nitrogens with zero attached hydrogens (tertiary/aromatic N) is 2. The highest BCUT2D eigenvalue weighted by Gasteiger charge is 2.31. The van der Waals surface area contributed by atoms with E-state index in [-0.39, 0.29) is 18.8 Å². The molecule has 1 aliphatic heterocycles. The Hall–Kier alpha value is -1.52. The lowest BCUT2D eigenvalue weighted by Crippen LogP contribution is -2.89. The van der Waals surface area contributed by atoms with E-state index in [0.717, 1.165) is 16.4 Å². The summed E-state index contributed by atoms with van der Waals surface area (Å²) >= 11 is 0. The first-order valence-electron chi connectivity index (χ1n) is 6.17. The number of hydrogen-bond acceptors (Lipinski definition) is 3. The van der Waals surface area contributed by atoms with Crippen LogP contribution in [0.3, 0.4) is 0 Å². The molecule has 1 aromatic rings. The first kappa shape index (κ1) is 15.9. The quantitative estimate of drug-likeness (QED) is 0.886. The fraction of sp³-hybridized carbons (Fsp3) is 0.455. The van der Waals surface area contributed by atoms with E-state index in [2.05, 4.69) is 9.46 Å². The van der Waals surface area contributed by atoms with Gasteiger partial charge in [-0.15, -0.1) is 13.2 Å². The van der Waals surface area contributed by atoms with Gasteiger partial charge in [0.1, 0.15) is 5.75 Å². The van der Waals surface area contributed by atoms with E-state index in [1.165, 1.54) is 12.1 Å². The predicted octanol–water partition coefficient (Wildman–Crippen LogP) is 0.714. The van der Waals surface area contributed by atoms with E-state index in [9.17, 15) is 21.6 Å². The SMILES string of the molecule is O=S(=O)([N-]c1ccccc1OC(F)(F)F)N1CC[NH2+]CC1. The highest BCUT2D eigenvalue weighted by molar-refractivity contribution is 7.92. The zero-order valence-electron chi connectivity index (χ0n) is 10.9. The van der Waals surface area contributed by atoms with Gasteiger partial charge in [0.15, 0.2) is 10.2 Å². The van der Waals surface area contributed by atoms with Gasteiger partial charge in [-0.3, -0.25) is 0 Å². The van der Waals surface area contributed by atoms with Crippen molar-refractivity contribution < 1.29 is 31.6 Å². The molecule has 0 saturated carbocycles. The Kier molecular flexibility index (Phi) is 4.59. The van der Waals surface area contributed by atoms with Crippen LogP contribution in [0.4, 0.5) is 18.9 Å². The third-order valence-electron chi connectivity index (χ3n) is 2.80. The Labute approximate surface area is 120 Å². The molecule has 0 spiro atoms. The van der Waals surface area contributed by atoms with Crippen molar-refractivity contribution in [3.8, 4) is 5.75 Å². The molecule has 1 heterocycles.